The number of benzene rings is 1. The van der Waals surface area contributed by atoms with Gasteiger partial charge in [-0.2, -0.15) is 0 Å². The normalized spacial score (nSPS) is 10.4. The predicted molar refractivity (Wildman–Crippen MR) is 81.9 cm³/mol. The maximum atomic E-state index is 5.91. The first kappa shape index (κ1) is 12.5. The van der Waals surface area contributed by atoms with E-state index in [2.05, 4.69) is 9.97 Å². The van der Waals surface area contributed by atoms with Crippen LogP contribution in [-0.4, -0.2) is 15.0 Å². The standard InChI is InChI=1S/C15H11N3OS/c16-15(20)14-13(7-3-9-18-14)19-12-6-1-5-11-10(12)4-2-8-17-11/h1-9H,(H2,16,20). The Bertz CT molecular complexity index is 783. The lowest BCUT2D eigenvalue weighted by molar-refractivity contribution is 0.484. The number of thiocarbonyl (C=S) groups is 1. The average Bonchev–Trinajstić information content (AvgIpc) is 2.48. The number of nitrogens with zero attached hydrogens (tertiary/aromatic N) is 2. The summed E-state index contributed by atoms with van der Waals surface area (Å²) < 4.78 is 5.91. The van der Waals surface area contributed by atoms with Gasteiger partial charge in [-0.3, -0.25) is 4.98 Å². The lowest BCUT2D eigenvalue weighted by atomic mass is 10.2. The van der Waals surface area contributed by atoms with Gasteiger partial charge in [-0.25, -0.2) is 4.98 Å². The van der Waals surface area contributed by atoms with Crippen LogP contribution in [0.5, 0.6) is 11.5 Å². The lowest BCUT2D eigenvalue weighted by Crippen LogP contribution is -2.12. The molecule has 0 unspecified atom stereocenters. The molecule has 0 saturated heterocycles. The van der Waals surface area contributed by atoms with E-state index >= 15 is 0 Å². The van der Waals surface area contributed by atoms with Crippen molar-refractivity contribution in [2.45, 2.75) is 0 Å². The molecule has 0 atom stereocenters. The van der Waals surface area contributed by atoms with Crippen LogP contribution in [-0.2, 0) is 0 Å². The molecule has 3 aromatic rings. The quantitative estimate of drug-likeness (QED) is 0.748. The monoisotopic (exact) mass is 281 g/mol. The van der Waals surface area contributed by atoms with Crippen LogP contribution in [0.1, 0.15) is 5.69 Å². The zero-order chi connectivity index (χ0) is 13.9. The molecule has 0 aliphatic heterocycles. The van der Waals surface area contributed by atoms with Gasteiger partial charge >= 0.3 is 0 Å². The summed E-state index contributed by atoms with van der Waals surface area (Å²) in [7, 11) is 0. The van der Waals surface area contributed by atoms with Crippen molar-refractivity contribution in [2.75, 3.05) is 0 Å². The van der Waals surface area contributed by atoms with E-state index in [4.69, 9.17) is 22.7 Å². The Kier molecular flexibility index (Phi) is 3.26. The molecule has 0 aliphatic carbocycles. The highest BCUT2D eigenvalue weighted by Gasteiger charge is 2.10. The molecule has 20 heavy (non-hydrogen) atoms. The highest BCUT2D eigenvalue weighted by molar-refractivity contribution is 7.80. The minimum atomic E-state index is 0.207. The van der Waals surface area contributed by atoms with Crippen LogP contribution in [0.2, 0.25) is 0 Å². The third-order valence-corrected chi connectivity index (χ3v) is 3.02. The Labute approximate surface area is 121 Å². The smallest absolute Gasteiger partial charge is 0.156 e. The van der Waals surface area contributed by atoms with Gasteiger partial charge in [0.25, 0.3) is 0 Å². The average molecular weight is 281 g/mol. The van der Waals surface area contributed by atoms with Crippen molar-refractivity contribution in [2.24, 2.45) is 5.73 Å². The van der Waals surface area contributed by atoms with E-state index in [1.54, 1.807) is 24.5 Å². The number of pyridine rings is 2. The zero-order valence-electron chi connectivity index (χ0n) is 10.5. The Morgan fingerprint density at radius 2 is 1.70 bits per heavy atom. The fraction of sp³-hybridized carbons (Fsp3) is 0. The van der Waals surface area contributed by atoms with Crippen molar-refractivity contribution in [3.63, 3.8) is 0 Å². The number of ether oxygens (including phenoxy) is 1. The van der Waals surface area contributed by atoms with Crippen LogP contribution in [0.25, 0.3) is 10.9 Å². The summed E-state index contributed by atoms with van der Waals surface area (Å²) in [5.74, 6) is 1.23. The minimum Gasteiger partial charge on any atom is -0.454 e. The summed E-state index contributed by atoms with van der Waals surface area (Å²) >= 11 is 4.98. The van der Waals surface area contributed by atoms with Crippen LogP contribution in [0, 0.1) is 0 Å². The molecule has 0 fully saturated rings. The third kappa shape index (κ3) is 2.31. The summed E-state index contributed by atoms with van der Waals surface area (Å²) in [6.45, 7) is 0. The van der Waals surface area contributed by atoms with Crippen LogP contribution >= 0.6 is 12.2 Å². The van der Waals surface area contributed by atoms with Crippen LogP contribution < -0.4 is 10.5 Å². The van der Waals surface area contributed by atoms with E-state index in [9.17, 15) is 0 Å². The van der Waals surface area contributed by atoms with E-state index in [0.29, 0.717) is 17.2 Å². The molecule has 98 valence electrons. The summed E-state index contributed by atoms with van der Waals surface area (Å²) in [6, 6.07) is 13.1. The van der Waals surface area contributed by atoms with E-state index in [0.717, 1.165) is 10.9 Å². The van der Waals surface area contributed by atoms with Gasteiger partial charge in [0.15, 0.2) is 5.75 Å². The number of rotatable bonds is 3. The second-order valence-corrected chi connectivity index (χ2v) is 4.58. The molecule has 0 spiro atoms. The molecule has 0 amide bonds. The van der Waals surface area contributed by atoms with Crippen LogP contribution in [0.4, 0.5) is 0 Å². The molecule has 0 saturated carbocycles. The molecule has 3 rings (SSSR count). The van der Waals surface area contributed by atoms with Gasteiger partial charge in [-0.05, 0) is 36.4 Å². The fourth-order valence-electron chi connectivity index (χ4n) is 1.94. The molecule has 4 nitrogen and oxygen atoms in total. The first-order valence-corrected chi connectivity index (χ1v) is 6.43. The van der Waals surface area contributed by atoms with Gasteiger partial charge in [0.2, 0.25) is 0 Å². The Hall–Kier alpha value is -2.53. The summed E-state index contributed by atoms with van der Waals surface area (Å²) in [5, 5.41) is 0.924. The summed E-state index contributed by atoms with van der Waals surface area (Å²) in [5.41, 5.74) is 7.00. The molecule has 0 bridgehead atoms. The SMILES string of the molecule is NC(=S)c1ncccc1Oc1cccc2ncccc12. The van der Waals surface area contributed by atoms with Gasteiger partial charge in [-0.1, -0.05) is 18.3 Å². The van der Waals surface area contributed by atoms with E-state index in [1.165, 1.54) is 0 Å². The van der Waals surface area contributed by atoms with Gasteiger partial charge < -0.3 is 10.5 Å². The zero-order valence-corrected chi connectivity index (χ0v) is 11.3. The number of aromatic nitrogens is 2. The molecule has 0 aliphatic rings. The Morgan fingerprint density at radius 1 is 0.950 bits per heavy atom. The van der Waals surface area contributed by atoms with Gasteiger partial charge in [0.05, 0.1) is 5.52 Å². The first-order chi connectivity index (χ1) is 9.75. The van der Waals surface area contributed by atoms with Crippen molar-refractivity contribution < 1.29 is 4.74 Å². The topological polar surface area (TPSA) is 61.0 Å². The van der Waals surface area contributed by atoms with E-state index < -0.39 is 0 Å². The molecular weight excluding hydrogens is 270 g/mol. The van der Waals surface area contributed by atoms with Crippen LogP contribution in [0.15, 0.2) is 54.9 Å². The van der Waals surface area contributed by atoms with Crippen molar-refractivity contribution in [1.29, 1.82) is 0 Å². The van der Waals surface area contributed by atoms with Crippen molar-refractivity contribution in [3.8, 4) is 11.5 Å². The molecule has 1 aromatic carbocycles. The van der Waals surface area contributed by atoms with Gasteiger partial charge in [0, 0.05) is 17.8 Å². The molecule has 2 aromatic heterocycles. The fourth-order valence-corrected chi connectivity index (χ4v) is 2.09. The maximum Gasteiger partial charge on any atom is 0.156 e. The highest BCUT2D eigenvalue weighted by Crippen LogP contribution is 2.29. The second kappa shape index (κ2) is 5.22. The summed E-state index contributed by atoms with van der Waals surface area (Å²) in [6.07, 6.45) is 3.38. The molecule has 2 heterocycles. The summed E-state index contributed by atoms with van der Waals surface area (Å²) in [4.78, 5) is 8.65. The molecular formula is C15H11N3OS. The van der Waals surface area contributed by atoms with E-state index in [-0.39, 0.29) is 4.99 Å². The number of fused-ring (bicyclic) bond motifs is 1. The lowest BCUT2D eigenvalue weighted by Gasteiger charge is -2.11. The Balaban J connectivity index is 2.08. The third-order valence-electron chi connectivity index (χ3n) is 2.83. The van der Waals surface area contributed by atoms with Gasteiger partial charge in [-0.15, -0.1) is 0 Å². The molecule has 2 N–H and O–H groups in total. The maximum absolute atomic E-state index is 5.91. The number of hydrogen-bond donors (Lipinski definition) is 1. The first-order valence-electron chi connectivity index (χ1n) is 6.02. The van der Waals surface area contributed by atoms with Crippen molar-refractivity contribution in [1.82, 2.24) is 9.97 Å². The predicted octanol–water partition coefficient (Wildman–Crippen LogP) is 3.06. The van der Waals surface area contributed by atoms with E-state index in [1.807, 2.05) is 30.3 Å². The Morgan fingerprint density at radius 3 is 2.55 bits per heavy atom. The van der Waals surface area contributed by atoms with Crippen molar-refractivity contribution >= 4 is 28.1 Å². The highest BCUT2D eigenvalue weighted by atomic mass is 32.1. The minimum absolute atomic E-state index is 0.207. The number of nitrogens with two attached hydrogens (primary N) is 1. The number of hydrogen-bond acceptors (Lipinski definition) is 4. The molecule has 0 radical (unpaired) electrons. The van der Waals surface area contributed by atoms with Crippen LogP contribution in [0.3, 0.4) is 0 Å². The van der Waals surface area contributed by atoms with Gasteiger partial charge in [0.1, 0.15) is 16.4 Å². The molecule has 5 heteroatoms. The second-order valence-electron chi connectivity index (χ2n) is 4.14. The largest absolute Gasteiger partial charge is 0.454 e. The van der Waals surface area contributed by atoms with Crippen molar-refractivity contribution in [3.05, 3.63) is 60.6 Å².